The maximum atomic E-state index is 13.4. The molecule has 1 aromatic carbocycles. The van der Waals surface area contributed by atoms with E-state index < -0.39 is 5.82 Å². The second-order valence-electron chi connectivity index (χ2n) is 3.28. The number of nitrogens with one attached hydrogen (secondary N) is 1. The Morgan fingerprint density at radius 2 is 2.35 bits per heavy atom. The number of aliphatic imine (C=N–C) groups is 1. The van der Waals surface area contributed by atoms with Crippen LogP contribution < -0.4 is 11.1 Å². The molecule has 0 aliphatic heterocycles. The summed E-state index contributed by atoms with van der Waals surface area (Å²) >= 11 is 3.09. The molecule has 0 spiro atoms. The Morgan fingerprint density at radius 3 is 2.94 bits per heavy atom. The van der Waals surface area contributed by atoms with Crippen molar-refractivity contribution in [3.05, 3.63) is 28.0 Å². The van der Waals surface area contributed by atoms with Crippen LogP contribution in [-0.4, -0.2) is 25.7 Å². The summed E-state index contributed by atoms with van der Waals surface area (Å²) in [6.07, 6.45) is 1.06. The van der Waals surface area contributed by atoms with Gasteiger partial charge >= 0.3 is 0 Å². The highest BCUT2D eigenvalue weighted by atomic mass is 79.9. The van der Waals surface area contributed by atoms with Gasteiger partial charge in [0, 0.05) is 31.3 Å². The van der Waals surface area contributed by atoms with Crippen molar-refractivity contribution in [1.29, 1.82) is 0 Å². The van der Waals surface area contributed by atoms with Crippen molar-refractivity contribution in [3.63, 3.8) is 0 Å². The summed E-state index contributed by atoms with van der Waals surface area (Å²) in [6.45, 7) is 0.302. The highest BCUT2D eigenvalue weighted by molar-refractivity contribution is 9.10. The van der Waals surface area contributed by atoms with Crippen molar-refractivity contribution >= 4 is 33.7 Å². The van der Waals surface area contributed by atoms with E-state index in [4.69, 9.17) is 5.73 Å². The third-order valence-electron chi connectivity index (χ3n) is 2.13. The molecule has 92 valence electrons. The lowest BCUT2D eigenvalue weighted by molar-refractivity contribution is -0.107. The Morgan fingerprint density at radius 1 is 1.65 bits per heavy atom. The number of nitrogens with zero attached hydrogens (tertiary/aromatic N) is 1. The molecule has 17 heavy (non-hydrogen) atoms. The summed E-state index contributed by atoms with van der Waals surface area (Å²) < 4.78 is 13.8. The van der Waals surface area contributed by atoms with Crippen molar-refractivity contribution in [3.8, 4) is 0 Å². The summed E-state index contributed by atoms with van der Waals surface area (Å²) in [6, 6.07) is 2.89. The number of halogens is 2. The molecule has 0 saturated carbocycles. The zero-order valence-electron chi connectivity index (χ0n) is 9.34. The second-order valence-corrected chi connectivity index (χ2v) is 4.14. The first-order valence-electron chi connectivity index (χ1n) is 5.01. The summed E-state index contributed by atoms with van der Waals surface area (Å²) in [5, 5.41) is 2.91. The van der Waals surface area contributed by atoms with Crippen LogP contribution in [0.15, 0.2) is 21.6 Å². The molecule has 0 aromatic heterocycles. The molecule has 0 fully saturated rings. The van der Waals surface area contributed by atoms with E-state index in [1.165, 1.54) is 6.07 Å². The van der Waals surface area contributed by atoms with Gasteiger partial charge in [-0.1, -0.05) is 0 Å². The lowest BCUT2D eigenvalue weighted by Crippen LogP contribution is -2.16. The molecule has 4 nitrogen and oxygen atoms in total. The molecule has 0 atom stereocenters. The van der Waals surface area contributed by atoms with E-state index >= 15 is 0 Å². The minimum absolute atomic E-state index is 0.211. The number of hydrogen-bond donors (Lipinski definition) is 2. The third kappa shape index (κ3) is 3.52. The number of rotatable bonds is 5. The monoisotopic (exact) mass is 301 g/mol. The Labute approximate surface area is 107 Å². The van der Waals surface area contributed by atoms with Gasteiger partial charge in [-0.25, -0.2) is 4.39 Å². The predicted molar refractivity (Wildman–Crippen MR) is 69.9 cm³/mol. The smallest absolute Gasteiger partial charge is 0.138 e. The topological polar surface area (TPSA) is 67.5 Å². The minimum Gasteiger partial charge on any atom is -0.387 e. The van der Waals surface area contributed by atoms with Crippen LogP contribution in [0.25, 0.3) is 0 Å². The molecular formula is C11H13BrFN3O. The minimum atomic E-state index is -0.410. The number of carbonyl (C=O) groups is 1. The van der Waals surface area contributed by atoms with Crippen molar-refractivity contribution < 1.29 is 9.18 Å². The van der Waals surface area contributed by atoms with Crippen LogP contribution in [0.5, 0.6) is 0 Å². The molecule has 3 N–H and O–H groups in total. The molecule has 0 saturated heterocycles. The number of carbonyl (C=O) groups excluding carboxylic acids is 1. The fourth-order valence-electron chi connectivity index (χ4n) is 1.29. The summed E-state index contributed by atoms with van der Waals surface area (Å²) in [5.41, 5.74) is 6.90. The SMILES string of the molecule is CNc1cc(Br)c(F)cc1C(N)=NCCC=O. The van der Waals surface area contributed by atoms with Crippen LogP contribution in [0.3, 0.4) is 0 Å². The van der Waals surface area contributed by atoms with Gasteiger partial charge in [-0.05, 0) is 28.1 Å². The van der Waals surface area contributed by atoms with Crippen molar-refractivity contribution in [2.75, 3.05) is 18.9 Å². The molecule has 0 amide bonds. The van der Waals surface area contributed by atoms with E-state index in [0.717, 1.165) is 6.29 Å². The van der Waals surface area contributed by atoms with E-state index in [9.17, 15) is 9.18 Å². The molecule has 0 unspecified atom stereocenters. The highest BCUT2D eigenvalue weighted by Crippen LogP contribution is 2.24. The quantitative estimate of drug-likeness (QED) is 0.378. The fraction of sp³-hybridized carbons (Fsp3) is 0.273. The van der Waals surface area contributed by atoms with E-state index in [0.29, 0.717) is 28.7 Å². The Balaban J connectivity index is 3.07. The van der Waals surface area contributed by atoms with Crippen molar-refractivity contribution in [2.24, 2.45) is 10.7 Å². The molecule has 6 heteroatoms. The van der Waals surface area contributed by atoms with Crippen LogP contribution in [0, 0.1) is 5.82 Å². The molecule has 0 heterocycles. The number of anilines is 1. The molecule has 0 aliphatic rings. The molecule has 1 aromatic rings. The average Bonchev–Trinajstić information content (AvgIpc) is 2.32. The van der Waals surface area contributed by atoms with E-state index in [1.54, 1.807) is 13.1 Å². The van der Waals surface area contributed by atoms with Gasteiger partial charge in [0.05, 0.1) is 4.47 Å². The van der Waals surface area contributed by atoms with Gasteiger partial charge in [0.2, 0.25) is 0 Å². The first-order valence-corrected chi connectivity index (χ1v) is 5.80. The molecule has 1 rings (SSSR count). The molecule has 0 radical (unpaired) electrons. The van der Waals surface area contributed by atoms with Gasteiger partial charge in [0.1, 0.15) is 17.9 Å². The van der Waals surface area contributed by atoms with Crippen LogP contribution in [-0.2, 0) is 4.79 Å². The maximum absolute atomic E-state index is 13.4. The number of nitrogens with two attached hydrogens (primary N) is 1. The van der Waals surface area contributed by atoms with Crippen molar-refractivity contribution in [1.82, 2.24) is 0 Å². The Hall–Kier alpha value is -1.43. The van der Waals surface area contributed by atoms with Crippen molar-refractivity contribution in [2.45, 2.75) is 6.42 Å². The number of aldehydes is 1. The first kappa shape index (κ1) is 13.6. The van der Waals surface area contributed by atoms with Crippen LogP contribution in [0.1, 0.15) is 12.0 Å². The first-order chi connectivity index (χ1) is 8.10. The van der Waals surface area contributed by atoms with Gasteiger partial charge in [-0.2, -0.15) is 0 Å². The van der Waals surface area contributed by atoms with Gasteiger partial charge < -0.3 is 15.8 Å². The van der Waals surface area contributed by atoms with Gasteiger partial charge in [0.25, 0.3) is 0 Å². The van der Waals surface area contributed by atoms with Crippen LogP contribution in [0.2, 0.25) is 0 Å². The van der Waals surface area contributed by atoms with E-state index in [-0.39, 0.29) is 5.84 Å². The zero-order valence-corrected chi connectivity index (χ0v) is 10.9. The summed E-state index contributed by atoms with van der Waals surface area (Å²) in [5.74, 6) is -0.199. The second kappa shape index (κ2) is 6.34. The van der Waals surface area contributed by atoms with Crippen LogP contribution >= 0.6 is 15.9 Å². The average molecular weight is 302 g/mol. The summed E-state index contributed by atoms with van der Waals surface area (Å²) in [4.78, 5) is 14.2. The standard InChI is InChI=1S/C11H13BrFN3O/c1-15-10-6-8(12)9(13)5-7(10)11(14)16-3-2-4-17/h4-6,15H,2-3H2,1H3,(H2,14,16). The number of amidine groups is 1. The largest absolute Gasteiger partial charge is 0.387 e. The lowest BCUT2D eigenvalue weighted by Gasteiger charge is -2.10. The lowest BCUT2D eigenvalue weighted by atomic mass is 10.1. The highest BCUT2D eigenvalue weighted by Gasteiger charge is 2.10. The predicted octanol–water partition coefficient (Wildman–Crippen LogP) is 1.92. The fourth-order valence-corrected chi connectivity index (χ4v) is 1.63. The van der Waals surface area contributed by atoms with Crippen LogP contribution in [0.4, 0.5) is 10.1 Å². The van der Waals surface area contributed by atoms with Gasteiger partial charge in [0.15, 0.2) is 0 Å². The zero-order chi connectivity index (χ0) is 12.8. The van der Waals surface area contributed by atoms with E-state index in [2.05, 4.69) is 26.2 Å². The summed E-state index contributed by atoms with van der Waals surface area (Å²) in [7, 11) is 1.71. The molecule has 0 bridgehead atoms. The third-order valence-corrected chi connectivity index (χ3v) is 2.74. The maximum Gasteiger partial charge on any atom is 0.138 e. The van der Waals surface area contributed by atoms with E-state index in [1.807, 2.05) is 0 Å². The Kier molecular flexibility index (Phi) is 5.09. The van der Waals surface area contributed by atoms with Gasteiger partial charge in [-0.3, -0.25) is 4.99 Å². The van der Waals surface area contributed by atoms with Gasteiger partial charge in [-0.15, -0.1) is 0 Å². The Bertz CT molecular complexity index is 449. The molecule has 0 aliphatic carbocycles. The normalized spacial score (nSPS) is 11.4. The number of hydrogen-bond acceptors (Lipinski definition) is 3. The number of benzene rings is 1. The molecular weight excluding hydrogens is 289 g/mol.